The van der Waals surface area contributed by atoms with Gasteiger partial charge in [-0.3, -0.25) is 4.90 Å². The van der Waals surface area contributed by atoms with E-state index in [-0.39, 0.29) is 6.04 Å². The number of hydrogen-bond donors (Lipinski definition) is 1. The third kappa shape index (κ3) is 2.41. The number of ether oxygens (including phenoxy) is 1. The molecule has 0 amide bonds. The molecule has 1 fully saturated rings. The van der Waals surface area contributed by atoms with Crippen LogP contribution in [0.5, 0.6) is 5.75 Å². The second-order valence-corrected chi connectivity index (χ2v) is 4.25. The third-order valence-electron chi connectivity index (χ3n) is 3.22. The van der Waals surface area contributed by atoms with E-state index >= 15 is 0 Å². The molecule has 4 nitrogen and oxygen atoms in total. The van der Waals surface area contributed by atoms with Crippen molar-refractivity contribution in [3.8, 4) is 11.8 Å². The highest BCUT2D eigenvalue weighted by atomic mass is 16.5. The Morgan fingerprint density at radius 2 is 2.29 bits per heavy atom. The maximum atomic E-state index is 9.28. The molecule has 1 saturated heterocycles. The Morgan fingerprint density at radius 3 is 2.88 bits per heavy atom. The maximum Gasteiger partial charge on any atom is 0.124 e. The van der Waals surface area contributed by atoms with Crippen LogP contribution < -0.4 is 10.1 Å². The molecular formula is C13H17N3O. The number of likely N-dealkylation sites (tertiary alicyclic amines) is 1. The van der Waals surface area contributed by atoms with E-state index in [9.17, 15) is 5.26 Å². The first-order valence-corrected chi connectivity index (χ1v) is 5.73. The largest absolute Gasteiger partial charge is 0.497 e. The van der Waals surface area contributed by atoms with Gasteiger partial charge in [0.15, 0.2) is 0 Å². The van der Waals surface area contributed by atoms with Crippen LogP contribution in [0.4, 0.5) is 0 Å². The van der Waals surface area contributed by atoms with Gasteiger partial charge in [0, 0.05) is 19.1 Å². The molecular weight excluding hydrogens is 214 g/mol. The van der Waals surface area contributed by atoms with Gasteiger partial charge in [0.05, 0.1) is 13.2 Å². The first kappa shape index (κ1) is 11.9. The molecule has 1 aliphatic rings. The zero-order valence-electron chi connectivity index (χ0n) is 10.2. The van der Waals surface area contributed by atoms with Crippen molar-refractivity contribution in [1.82, 2.24) is 10.2 Å². The number of benzene rings is 1. The van der Waals surface area contributed by atoms with Gasteiger partial charge in [-0.05, 0) is 24.7 Å². The summed E-state index contributed by atoms with van der Waals surface area (Å²) < 4.78 is 5.18. The molecule has 1 aliphatic heterocycles. The summed E-state index contributed by atoms with van der Waals surface area (Å²) in [6.45, 7) is 1.85. The minimum Gasteiger partial charge on any atom is -0.497 e. The molecule has 0 aromatic heterocycles. The Labute approximate surface area is 102 Å². The van der Waals surface area contributed by atoms with Crippen LogP contribution in [0.3, 0.4) is 0 Å². The molecule has 90 valence electrons. The quantitative estimate of drug-likeness (QED) is 0.845. The van der Waals surface area contributed by atoms with Gasteiger partial charge >= 0.3 is 0 Å². The molecule has 0 radical (unpaired) electrons. The van der Waals surface area contributed by atoms with Gasteiger partial charge in [-0.25, -0.2) is 0 Å². The summed E-state index contributed by atoms with van der Waals surface area (Å²) in [7, 11) is 3.59. The van der Waals surface area contributed by atoms with Gasteiger partial charge in [-0.15, -0.1) is 0 Å². The van der Waals surface area contributed by atoms with E-state index in [4.69, 9.17) is 4.74 Å². The van der Waals surface area contributed by atoms with Crippen LogP contribution in [0.25, 0.3) is 0 Å². The number of methoxy groups -OCH3 is 1. The predicted molar refractivity (Wildman–Crippen MR) is 65.8 cm³/mol. The van der Waals surface area contributed by atoms with Crippen LogP contribution in [0.2, 0.25) is 0 Å². The lowest BCUT2D eigenvalue weighted by Gasteiger charge is -2.41. The second-order valence-electron chi connectivity index (χ2n) is 4.25. The van der Waals surface area contributed by atoms with Crippen LogP contribution in [0.15, 0.2) is 24.3 Å². The van der Waals surface area contributed by atoms with Crippen molar-refractivity contribution in [3.05, 3.63) is 29.8 Å². The average Bonchev–Trinajstić information content (AvgIpc) is 2.33. The molecule has 1 aromatic carbocycles. The fourth-order valence-corrected chi connectivity index (χ4v) is 2.08. The molecule has 1 N–H and O–H groups in total. The normalized spacial score (nSPS) is 18.2. The summed E-state index contributed by atoms with van der Waals surface area (Å²) in [5.41, 5.74) is 1.00. The highest BCUT2D eigenvalue weighted by molar-refractivity contribution is 5.33. The minimum atomic E-state index is -0.172. The maximum absolute atomic E-state index is 9.28. The first-order valence-electron chi connectivity index (χ1n) is 5.73. The van der Waals surface area contributed by atoms with Crippen molar-refractivity contribution in [2.45, 2.75) is 12.1 Å². The molecule has 2 rings (SSSR count). The Kier molecular flexibility index (Phi) is 3.62. The fourth-order valence-electron chi connectivity index (χ4n) is 2.08. The van der Waals surface area contributed by atoms with Crippen LogP contribution in [0.1, 0.15) is 11.6 Å². The summed E-state index contributed by atoms with van der Waals surface area (Å²) in [6.07, 6.45) is 0. The lowest BCUT2D eigenvalue weighted by molar-refractivity contribution is 0.104. The van der Waals surface area contributed by atoms with Crippen molar-refractivity contribution < 1.29 is 4.74 Å². The molecule has 0 spiro atoms. The standard InChI is InChI=1S/C13H17N3O/c1-15-11-8-16(9-11)13(7-14)10-4-3-5-12(6-10)17-2/h3-6,11,13,15H,8-9H2,1-2H3. The van der Waals surface area contributed by atoms with E-state index in [2.05, 4.69) is 16.3 Å². The van der Waals surface area contributed by atoms with Gasteiger partial charge in [0.1, 0.15) is 11.8 Å². The molecule has 1 atom stereocenters. The minimum absolute atomic E-state index is 0.172. The van der Waals surface area contributed by atoms with Gasteiger partial charge in [-0.1, -0.05) is 12.1 Å². The molecule has 4 heteroatoms. The van der Waals surface area contributed by atoms with E-state index in [1.807, 2.05) is 31.3 Å². The van der Waals surface area contributed by atoms with Crippen molar-refractivity contribution >= 4 is 0 Å². The van der Waals surface area contributed by atoms with Gasteiger partial charge in [0.25, 0.3) is 0 Å². The Hall–Kier alpha value is -1.57. The van der Waals surface area contributed by atoms with E-state index in [0.717, 1.165) is 24.4 Å². The number of likely N-dealkylation sites (N-methyl/N-ethyl adjacent to an activating group) is 1. The lowest BCUT2D eigenvalue weighted by Crippen LogP contribution is -2.57. The highest BCUT2D eigenvalue weighted by Gasteiger charge is 2.32. The number of nitrogens with zero attached hydrogens (tertiary/aromatic N) is 2. The van der Waals surface area contributed by atoms with E-state index in [0.29, 0.717) is 6.04 Å². The van der Waals surface area contributed by atoms with Gasteiger partial charge in [0.2, 0.25) is 0 Å². The zero-order chi connectivity index (χ0) is 12.3. The molecule has 1 aromatic rings. The molecule has 17 heavy (non-hydrogen) atoms. The summed E-state index contributed by atoms with van der Waals surface area (Å²) in [5, 5.41) is 12.5. The fraction of sp³-hybridized carbons (Fsp3) is 0.462. The lowest BCUT2D eigenvalue weighted by atomic mass is 10.00. The highest BCUT2D eigenvalue weighted by Crippen LogP contribution is 2.27. The number of hydrogen-bond acceptors (Lipinski definition) is 4. The first-order chi connectivity index (χ1) is 8.28. The van der Waals surface area contributed by atoms with Crippen molar-refractivity contribution in [3.63, 3.8) is 0 Å². The smallest absolute Gasteiger partial charge is 0.124 e. The van der Waals surface area contributed by atoms with Crippen LogP contribution in [-0.4, -0.2) is 38.2 Å². The van der Waals surface area contributed by atoms with Crippen LogP contribution in [-0.2, 0) is 0 Å². The monoisotopic (exact) mass is 231 g/mol. The number of nitriles is 1. The summed E-state index contributed by atoms with van der Waals surface area (Å²) >= 11 is 0. The topological polar surface area (TPSA) is 48.3 Å². The third-order valence-corrected chi connectivity index (χ3v) is 3.22. The summed E-state index contributed by atoms with van der Waals surface area (Å²) in [4.78, 5) is 2.16. The number of nitrogens with one attached hydrogen (secondary N) is 1. The summed E-state index contributed by atoms with van der Waals surface area (Å²) in [6, 6.07) is 10.4. The molecule has 0 bridgehead atoms. The van der Waals surface area contributed by atoms with Crippen LogP contribution in [0, 0.1) is 11.3 Å². The Bertz CT molecular complexity index is 421. The van der Waals surface area contributed by atoms with E-state index < -0.39 is 0 Å². The molecule has 1 heterocycles. The SMILES string of the molecule is CNC1CN(C(C#N)c2cccc(OC)c2)C1. The van der Waals surface area contributed by atoms with Crippen molar-refractivity contribution in [2.24, 2.45) is 0 Å². The van der Waals surface area contributed by atoms with E-state index in [1.165, 1.54) is 0 Å². The van der Waals surface area contributed by atoms with Gasteiger partial charge < -0.3 is 10.1 Å². The zero-order valence-corrected chi connectivity index (χ0v) is 10.2. The summed E-state index contributed by atoms with van der Waals surface area (Å²) in [5.74, 6) is 0.799. The Morgan fingerprint density at radius 1 is 1.53 bits per heavy atom. The molecule has 0 saturated carbocycles. The predicted octanol–water partition coefficient (Wildman–Crippen LogP) is 1.16. The van der Waals surface area contributed by atoms with Crippen molar-refractivity contribution in [1.29, 1.82) is 5.26 Å². The van der Waals surface area contributed by atoms with Crippen molar-refractivity contribution in [2.75, 3.05) is 27.2 Å². The average molecular weight is 231 g/mol. The second kappa shape index (κ2) is 5.17. The van der Waals surface area contributed by atoms with Crippen LogP contribution >= 0.6 is 0 Å². The van der Waals surface area contributed by atoms with Gasteiger partial charge in [-0.2, -0.15) is 5.26 Å². The molecule has 0 aliphatic carbocycles. The Balaban J connectivity index is 2.11. The molecule has 1 unspecified atom stereocenters. The number of rotatable bonds is 4. The van der Waals surface area contributed by atoms with E-state index in [1.54, 1.807) is 7.11 Å².